The van der Waals surface area contributed by atoms with Gasteiger partial charge in [0.05, 0.1) is 12.1 Å². The van der Waals surface area contributed by atoms with E-state index in [-0.39, 0.29) is 54.7 Å². The Balaban J connectivity index is 0.953. The van der Waals surface area contributed by atoms with E-state index in [4.69, 9.17) is 25.7 Å². The third-order valence-corrected chi connectivity index (χ3v) is 10.4. The first-order valence-electron chi connectivity index (χ1n) is 15.5. The molecule has 46 heavy (non-hydrogen) atoms. The Morgan fingerprint density at radius 2 is 1.39 bits per heavy atom. The number of ether oxygens (including phenoxy) is 3. The maximum atomic E-state index is 13.1. The molecule has 18 heteroatoms. The molecule has 0 aromatic rings. The van der Waals surface area contributed by atoms with Gasteiger partial charge in [-0.05, 0) is 25.0 Å². The molecule has 0 aromatic carbocycles. The summed E-state index contributed by atoms with van der Waals surface area (Å²) in [5, 5.41) is 43.8. The van der Waals surface area contributed by atoms with Crippen molar-refractivity contribution in [2.75, 3.05) is 20.1 Å². The molecule has 250 valence electrons. The van der Waals surface area contributed by atoms with Gasteiger partial charge in [-0.3, -0.25) is 20.2 Å². The highest BCUT2D eigenvalue weighted by atomic mass is 16.6. The average Bonchev–Trinajstić information content (AvgIpc) is 3.84. The molecular weight excluding hydrogens is 604 g/mol. The number of guanidine groups is 2. The fourth-order valence-corrected chi connectivity index (χ4v) is 8.04. The van der Waals surface area contributed by atoms with E-state index in [1.54, 1.807) is 6.20 Å². The van der Waals surface area contributed by atoms with Gasteiger partial charge >= 0.3 is 0 Å². The topological polar surface area (TPSA) is 260 Å². The van der Waals surface area contributed by atoms with Crippen LogP contribution in [0.1, 0.15) is 13.8 Å². The minimum atomic E-state index is -1.07. The van der Waals surface area contributed by atoms with Gasteiger partial charge in [0.1, 0.15) is 78.7 Å². The van der Waals surface area contributed by atoms with Crippen LogP contribution in [0.5, 0.6) is 0 Å². The SMILES string of the molecule is CN1C=C(CNC2C(O)C(OC(C)(C)N3C=C(CNC4C(O)C(O)C5OC45)C4C(=O)NC(N)=NC43)C3OC23)C2C(=O)NC(N)=NC21. The molecule has 14 atom stereocenters. The van der Waals surface area contributed by atoms with Crippen LogP contribution in [0.15, 0.2) is 33.5 Å². The van der Waals surface area contributed by atoms with Crippen molar-refractivity contribution in [3.8, 4) is 0 Å². The van der Waals surface area contributed by atoms with Crippen molar-refractivity contribution in [3.63, 3.8) is 0 Å². The maximum Gasteiger partial charge on any atom is 0.238 e. The summed E-state index contributed by atoms with van der Waals surface area (Å²) in [5.41, 5.74) is 12.2. The lowest BCUT2D eigenvalue weighted by atomic mass is 9.96. The highest BCUT2D eigenvalue weighted by Crippen LogP contribution is 2.45. The highest BCUT2D eigenvalue weighted by Gasteiger charge is 2.65. The largest absolute Gasteiger partial charge is 0.389 e. The second-order valence-electron chi connectivity index (χ2n) is 13.7. The molecule has 2 saturated carbocycles. The van der Waals surface area contributed by atoms with Crippen LogP contribution in [0.2, 0.25) is 0 Å². The van der Waals surface area contributed by atoms with Crippen LogP contribution >= 0.6 is 0 Å². The fraction of sp³-hybridized carbons (Fsp3) is 0.714. The van der Waals surface area contributed by atoms with E-state index in [0.717, 1.165) is 5.57 Å². The number of nitrogens with one attached hydrogen (secondary N) is 4. The molecule has 0 radical (unpaired) electrons. The molecule has 6 aliphatic heterocycles. The summed E-state index contributed by atoms with van der Waals surface area (Å²) in [7, 11) is 1.84. The van der Waals surface area contributed by atoms with Crippen molar-refractivity contribution in [3.05, 3.63) is 23.5 Å². The van der Waals surface area contributed by atoms with Crippen molar-refractivity contribution in [1.82, 2.24) is 31.1 Å². The summed E-state index contributed by atoms with van der Waals surface area (Å²) in [5.74, 6) is -1.65. The van der Waals surface area contributed by atoms with Crippen LogP contribution < -0.4 is 32.7 Å². The zero-order chi connectivity index (χ0) is 32.4. The first-order chi connectivity index (χ1) is 21.8. The van der Waals surface area contributed by atoms with Gasteiger partial charge in [0.2, 0.25) is 11.8 Å². The van der Waals surface area contributed by atoms with Gasteiger partial charge in [-0.25, -0.2) is 9.98 Å². The second-order valence-corrected chi connectivity index (χ2v) is 13.7. The summed E-state index contributed by atoms with van der Waals surface area (Å²) in [6, 6.07) is -0.932. The average molecular weight is 645 g/mol. The number of hydrogen-bond donors (Lipinski definition) is 9. The van der Waals surface area contributed by atoms with Crippen molar-refractivity contribution in [2.45, 2.75) is 92.8 Å². The van der Waals surface area contributed by atoms with Gasteiger partial charge in [-0.15, -0.1) is 0 Å². The summed E-state index contributed by atoms with van der Waals surface area (Å²) < 4.78 is 18.0. The van der Waals surface area contributed by atoms with Crippen molar-refractivity contribution < 1.29 is 39.1 Å². The van der Waals surface area contributed by atoms with E-state index in [9.17, 15) is 24.9 Å². The van der Waals surface area contributed by atoms with E-state index in [1.807, 2.05) is 36.9 Å². The minimum Gasteiger partial charge on any atom is -0.389 e. The number of nitrogens with two attached hydrogens (primary N) is 2. The third-order valence-electron chi connectivity index (χ3n) is 10.4. The molecule has 14 unspecified atom stereocenters. The molecule has 8 aliphatic rings. The molecule has 4 fully saturated rings. The van der Waals surface area contributed by atoms with Gasteiger partial charge < -0.3 is 61.4 Å². The molecule has 11 N–H and O–H groups in total. The molecule has 2 aliphatic carbocycles. The number of nitrogens with zero attached hydrogens (tertiary/aromatic N) is 4. The molecule has 18 nitrogen and oxygen atoms in total. The van der Waals surface area contributed by atoms with Gasteiger partial charge in [-0.2, -0.15) is 0 Å². The lowest BCUT2D eigenvalue weighted by molar-refractivity contribution is -0.191. The van der Waals surface area contributed by atoms with Gasteiger partial charge in [0.25, 0.3) is 0 Å². The van der Waals surface area contributed by atoms with E-state index in [2.05, 4.69) is 31.3 Å². The molecule has 2 amide bonds. The van der Waals surface area contributed by atoms with Crippen LogP contribution in [0.25, 0.3) is 0 Å². The lowest BCUT2D eigenvalue weighted by Gasteiger charge is -2.43. The van der Waals surface area contributed by atoms with Crippen LogP contribution in [0.3, 0.4) is 0 Å². The lowest BCUT2D eigenvalue weighted by Crippen LogP contribution is -2.57. The smallest absolute Gasteiger partial charge is 0.238 e. The Morgan fingerprint density at radius 3 is 2.02 bits per heavy atom. The number of fused-ring (bicyclic) bond motifs is 4. The van der Waals surface area contributed by atoms with E-state index in [0.29, 0.717) is 12.1 Å². The predicted molar refractivity (Wildman–Crippen MR) is 158 cm³/mol. The van der Waals surface area contributed by atoms with E-state index < -0.39 is 66.4 Å². The Kier molecular flexibility index (Phi) is 6.73. The highest BCUT2D eigenvalue weighted by molar-refractivity contribution is 6.01. The number of rotatable bonds is 9. The summed E-state index contributed by atoms with van der Waals surface area (Å²) >= 11 is 0. The van der Waals surface area contributed by atoms with Gasteiger partial charge in [-0.1, -0.05) is 0 Å². The molecule has 6 heterocycles. The quantitative estimate of drug-likeness (QED) is 0.106. The normalized spacial score (nSPS) is 45.2. The number of amides is 2. The number of hydrogen-bond acceptors (Lipinski definition) is 16. The second kappa shape index (κ2) is 10.3. The first kappa shape index (κ1) is 30.0. The standard InChI is InChI=1S/C28H40N10O8/c1-28(2,38-7-9(11-23(38)34-27(30)36-25(11)43)5-31-12-14(39)16(41)19-17(12)44-19)46-20-15(40)13(18-21(20)45-18)32-4-8-6-37(3)22-10(8)24(42)35-26(29)33-22/h6-7,10-23,31-32,39-41H,4-5H2,1-3H3,(H3,29,33,35,42)(H3,30,34,36,43). The fourth-order valence-electron chi connectivity index (χ4n) is 8.04. The van der Waals surface area contributed by atoms with E-state index >= 15 is 0 Å². The Bertz CT molecular complexity index is 1470. The van der Waals surface area contributed by atoms with Crippen LogP contribution in [0, 0.1) is 11.8 Å². The molecule has 0 spiro atoms. The third kappa shape index (κ3) is 4.61. The maximum absolute atomic E-state index is 13.1. The number of aliphatic hydroxyl groups is 3. The summed E-state index contributed by atoms with van der Waals surface area (Å²) in [4.78, 5) is 38.4. The predicted octanol–water partition coefficient (Wildman–Crippen LogP) is -5.53. The zero-order valence-electron chi connectivity index (χ0n) is 25.5. The minimum absolute atomic E-state index is 0.0110. The van der Waals surface area contributed by atoms with Crippen molar-refractivity contribution in [2.24, 2.45) is 33.3 Å². The zero-order valence-corrected chi connectivity index (χ0v) is 25.5. The summed E-state index contributed by atoms with van der Waals surface area (Å²) in [6.45, 7) is 4.21. The molecular formula is C28H40N10O8. The van der Waals surface area contributed by atoms with Crippen LogP contribution in [0.4, 0.5) is 0 Å². The van der Waals surface area contributed by atoms with Gasteiger partial charge in [0, 0.05) is 32.5 Å². The first-order valence-corrected chi connectivity index (χ1v) is 15.5. The van der Waals surface area contributed by atoms with Crippen LogP contribution in [-0.4, -0.2) is 148 Å². The molecule has 2 saturated heterocycles. The van der Waals surface area contributed by atoms with Crippen molar-refractivity contribution >= 4 is 23.7 Å². The molecule has 0 aromatic heterocycles. The Morgan fingerprint density at radius 1 is 0.848 bits per heavy atom. The Hall–Kier alpha value is -3.36. The molecule has 0 bridgehead atoms. The summed E-state index contributed by atoms with van der Waals surface area (Å²) in [6.07, 6.45) is -2.32. The number of aliphatic imine (C=N–C) groups is 2. The van der Waals surface area contributed by atoms with Crippen LogP contribution in [-0.2, 0) is 23.8 Å². The number of epoxide rings is 2. The van der Waals surface area contributed by atoms with Crippen molar-refractivity contribution in [1.29, 1.82) is 0 Å². The Labute approximate surface area is 263 Å². The number of carbonyl (C=O) groups is 2. The van der Waals surface area contributed by atoms with Gasteiger partial charge in [0.15, 0.2) is 11.9 Å². The number of aliphatic hydroxyl groups excluding tert-OH is 3. The van der Waals surface area contributed by atoms with E-state index in [1.165, 1.54) is 0 Å². The number of carbonyl (C=O) groups excluding carboxylic acids is 2. The molecule has 8 rings (SSSR count). The monoisotopic (exact) mass is 644 g/mol.